The second-order valence-corrected chi connectivity index (χ2v) is 8.58. The number of fused-ring (bicyclic) bond motifs is 1. The topological polar surface area (TPSA) is 150 Å². The molecule has 0 saturated carbocycles. The fraction of sp³-hybridized carbons (Fsp3) is 0.250. The zero-order valence-electron chi connectivity index (χ0n) is 17.9. The highest BCUT2D eigenvalue weighted by Gasteiger charge is 2.20. The van der Waals surface area contributed by atoms with Crippen LogP contribution in [0, 0.1) is 6.92 Å². The van der Waals surface area contributed by atoms with Crippen LogP contribution >= 0.6 is 23.1 Å². The molecular formula is C20H18N4O7S2. The van der Waals surface area contributed by atoms with Gasteiger partial charge >= 0.3 is 5.97 Å². The summed E-state index contributed by atoms with van der Waals surface area (Å²) in [6.07, 6.45) is 0. The van der Waals surface area contributed by atoms with Crippen molar-refractivity contribution in [1.29, 1.82) is 0 Å². The predicted molar refractivity (Wildman–Crippen MR) is 121 cm³/mol. The summed E-state index contributed by atoms with van der Waals surface area (Å²) < 4.78 is 21.8. The van der Waals surface area contributed by atoms with Crippen LogP contribution in [0.1, 0.15) is 21.1 Å². The van der Waals surface area contributed by atoms with Gasteiger partial charge in [0.25, 0.3) is 5.56 Å². The molecular weight excluding hydrogens is 472 g/mol. The summed E-state index contributed by atoms with van der Waals surface area (Å²) in [5.41, 5.74) is 0.587. The number of thiophene rings is 1. The number of hydrogen-bond acceptors (Lipinski definition) is 11. The number of methoxy groups -OCH3 is 3. The minimum Gasteiger partial charge on any atom is -0.493 e. The summed E-state index contributed by atoms with van der Waals surface area (Å²) in [4.78, 5) is 31.3. The molecule has 1 aromatic carbocycles. The van der Waals surface area contributed by atoms with Crippen molar-refractivity contribution in [1.82, 2.24) is 20.2 Å². The first-order valence-electron chi connectivity index (χ1n) is 9.38. The first-order chi connectivity index (χ1) is 15.9. The lowest BCUT2D eigenvalue weighted by molar-refractivity contribution is 0.0701. The Morgan fingerprint density at radius 2 is 1.88 bits per heavy atom. The molecule has 33 heavy (non-hydrogen) atoms. The lowest BCUT2D eigenvalue weighted by atomic mass is 10.2. The number of aromatic carboxylic acids is 1. The number of thioether (sulfide) groups is 1. The Kier molecular flexibility index (Phi) is 6.24. The summed E-state index contributed by atoms with van der Waals surface area (Å²) in [5, 5.41) is 18.0. The van der Waals surface area contributed by atoms with E-state index in [1.165, 1.54) is 33.1 Å². The van der Waals surface area contributed by atoms with Gasteiger partial charge in [-0.15, -0.1) is 21.5 Å². The van der Waals surface area contributed by atoms with E-state index >= 15 is 0 Å². The maximum absolute atomic E-state index is 12.4. The summed E-state index contributed by atoms with van der Waals surface area (Å²) in [7, 11) is 4.53. The Morgan fingerprint density at radius 3 is 2.48 bits per heavy atom. The minimum absolute atomic E-state index is 0.0945. The average molecular weight is 491 g/mol. The molecule has 2 N–H and O–H groups in total. The predicted octanol–water partition coefficient (Wildman–Crippen LogP) is 3.36. The molecule has 4 rings (SSSR count). The van der Waals surface area contributed by atoms with Crippen LogP contribution in [0.25, 0.3) is 21.7 Å². The first kappa shape index (κ1) is 22.6. The van der Waals surface area contributed by atoms with Gasteiger partial charge in [-0.3, -0.25) is 4.79 Å². The van der Waals surface area contributed by atoms with Crippen molar-refractivity contribution >= 4 is 39.3 Å². The van der Waals surface area contributed by atoms with E-state index in [0.717, 1.165) is 11.3 Å². The molecule has 13 heteroatoms. The monoisotopic (exact) mass is 490 g/mol. The Morgan fingerprint density at radius 1 is 1.18 bits per heavy atom. The molecule has 0 aliphatic carbocycles. The average Bonchev–Trinajstić information content (AvgIpc) is 3.41. The van der Waals surface area contributed by atoms with E-state index in [1.54, 1.807) is 19.1 Å². The number of H-pyrrole nitrogens is 1. The first-order valence-corrected chi connectivity index (χ1v) is 11.2. The molecule has 3 heterocycles. The highest BCUT2D eigenvalue weighted by molar-refractivity contribution is 7.98. The van der Waals surface area contributed by atoms with Crippen LogP contribution in [0.4, 0.5) is 0 Å². The van der Waals surface area contributed by atoms with Crippen molar-refractivity contribution in [2.24, 2.45) is 0 Å². The summed E-state index contributed by atoms with van der Waals surface area (Å²) in [5.74, 6) is 1.05. The number of hydrogen-bond donors (Lipinski definition) is 2. The van der Waals surface area contributed by atoms with Crippen molar-refractivity contribution in [3.8, 4) is 28.7 Å². The van der Waals surface area contributed by atoms with E-state index in [1.807, 2.05) is 0 Å². The van der Waals surface area contributed by atoms with Crippen molar-refractivity contribution < 1.29 is 28.5 Å². The molecule has 0 aliphatic heterocycles. The second kappa shape index (κ2) is 9.11. The SMILES string of the molecule is COc1cc(-c2nnc(CSc3nc4sc(C(=O)O)c(C)c4c(=O)[nH]3)o2)cc(OC)c1OC. The highest BCUT2D eigenvalue weighted by atomic mass is 32.2. The number of aryl methyl sites for hydroxylation is 1. The Hall–Kier alpha value is -3.58. The third-order valence-corrected chi connectivity index (χ3v) is 6.72. The lowest BCUT2D eigenvalue weighted by Crippen LogP contribution is -2.09. The molecule has 0 fully saturated rings. The van der Waals surface area contributed by atoms with E-state index in [-0.39, 0.29) is 21.9 Å². The van der Waals surface area contributed by atoms with Crippen LogP contribution in [-0.2, 0) is 5.75 Å². The molecule has 3 aromatic heterocycles. The molecule has 0 atom stereocenters. The van der Waals surface area contributed by atoms with Crippen LogP contribution in [0.3, 0.4) is 0 Å². The van der Waals surface area contributed by atoms with Crippen LogP contribution in [0.2, 0.25) is 0 Å². The van der Waals surface area contributed by atoms with Gasteiger partial charge in [-0.2, -0.15) is 0 Å². The third-order valence-electron chi connectivity index (χ3n) is 4.68. The van der Waals surface area contributed by atoms with Crippen LogP contribution in [0.15, 0.2) is 26.5 Å². The number of rotatable bonds is 8. The standard InChI is InChI=1S/C20H18N4O7S2/c1-8-13-16(25)21-20(22-18(13)33-15(8)19(26)27)32-7-12-23-24-17(31-12)9-5-10(28-2)14(30-4)11(6-9)29-3/h5-6H,7H2,1-4H3,(H,26,27)(H,21,22,25). The van der Waals surface area contributed by atoms with Gasteiger partial charge in [0, 0.05) is 5.56 Å². The maximum atomic E-state index is 12.4. The smallest absolute Gasteiger partial charge is 0.346 e. The van der Waals surface area contributed by atoms with E-state index < -0.39 is 11.5 Å². The zero-order chi connectivity index (χ0) is 23.7. The van der Waals surface area contributed by atoms with E-state index in [2.05, 4.69) is 20.2 Å². The molecule has 11 nitrogen and oxygen atoms in total. The molecule has 0 unspecified atom stereocenters. The number of ether oxygens (including phenoxy) is 3. The Bertz CT molecular complexity index is 1380. The van der Waals surface area contributed by atoms with E-state index in [4.69, 9.17) is 18.6 Å². The van der Waals surface area contributed by atoms with Gasteiger partial charge in [0.2, 0.25) is 17.5 Å². The maximum Gasteiger partial charge on any atom is 0.346 e. The third kappa shape index (κ3) is 4.24. The van der Waals surface area contributed by atoms with Gasteiger partial charge in [-0.25, -0.2) is 9.78 Å². The van der Waals surface area contributed by atoms with Crippen LogP contribution in [0.5, 0.6) is 17.2 Å². The molecule has 4 aromatic rings. The summed E-state index contributed by atoms with van der Waals surface area (Å²) in [6, 6.07) is 3.38. The van der Waals surface area contributed by atoms with Crippen molar-refractivity contribution in [2.75, 3.05) is 21.3 Å². The Balaban J connectivity index is 1.57. The van der Waals surface area contributed by atoms with Gasteiger partial charge in [0.1, 0.15) is 9.71 Å². The van der Waals surface area contributed by atoms with Crippen molar-refractivity contribution in [3.05, 3.63) is 38.8 Å². The second-order valence-electron chi connectivity index (χ2n) is 6.62. The normalized spacial score (nSPS) is 11.0. The van der Waals surface area contributed by atoms with Crippen LogP contribution in [-0.4, -0.2) is 52.6 Å². The quantitative estimate of drug-likeness (QED) is 0.276. The van der Waals surface area contributed by atoms with E-state index in [9.17, 15) is 14.7 Å². The van der Waals surface area contributed by atoms with Crippen LogP contribution < -0.4 is 19.8 Å². The van der Waals surface area contributed by atoms with Gasteiger partial charge < -0.3 is 28.7 Å². The fourth-order valence-corrected chi connectivity index (χ4v) is 4.94. The molecule has 0 saturated heterocycles. The van der Waals surface area contributed by atoms with Gasteiger partial charge in [-0.05, 0) is 24.6 Å². The summed E-state index contributed by atoms with van der Waals surface area (Å²) >= 11 is 2.15. The largest absolute Gasteiger partial charge is 0.493 e. The molecule has 0 amide bonds. The number of aromatic amines is 1. The van der Waals surface area contributed by atoms with Gasteiger partial charge in [0.15, 0.2) is 16.7 Å². The minimum atomic E-state index is -1.09. The molecule has 0 radical (unpaired) electrons. The van der Waals surface area contributed by atoms with E-state index in [0.29, 0.717) is 44.3 Å². The highest BCUT2D eigenvalue weighted by Crippen LogP contribution is 2.41. The molecule has 0 spiro atoms. The molecule has 0 bridgehead atoms. The molecule has 0 aliphatic rings. The number of nitrogens with zero attached hydrogens (tertiary/aromatic N) is 3. The number of benzene rings is 1. The number of aromatic nitrogens is 4. The zero-order valence-corrected chi connectivity index (χ0v) is 19.5. The number of carboxylic acid groups (broad SMARTS) is 1. The van der Waals surface area contributed by atoms with Crippen molar-refractivity contribution in [3.63, 3.8) is 0 Å². The fourth-order valence-electron chi connectivity index (χ4n) is 3.16. The number of nitrogens with one attached hydrogen (secondary N) is 1. The van der Waals surface area contributed by atoms with Gasteiger partial charge in [0.05, 0.1) is 32.5 Å². The number of carboxylic acids is 1. The van der Waals surface area contributed by atoms with Crippen molar-refractivity contribution in [2.45, 2.75) is 17.8 Å². The summed E-state index contributed by atoms with van der Waals surface area (Å²) in [6.45, 7) is 1.59. The lowest BCUT2D eigenvalue weighted by Gasteiger charge is -2.12. The van der Waals surface area contributed by atoms with Gasteiger partial charge in [-0.1, -0.05) is 11.8 Å². The molecule has 172 valence electrons. The Labute approximate surface area is 194 Å². The number of carbonyl (C=O) groups is 1.